The van der Waals surface area contributed by atoms with Crippen molar-refractivity contribution in [3.05, 3.63) is 29.8 Å². The Hall–Kier alpha value is -1.51. The average molecular weight is 234 g/mol. The Balaban J connectivity index is 2.47. The maximum atomic E-state index is 11.6. The van der Waals surface area contributed by atoms with E-state index in [4.69, 9.17) is 0 Å². The second-order valence-electron chi connectivity index (χ2n) is 5.78. The first-order valence-electron chi connectivity index (χ1n) is 5.89. The molecule has 1 aliphatic rings. The van der Waals surface area contributed by atoms with Crippen molar-refractivity contribution in [1.29, 1.82) is 0 Å². The minimum atomic E-state index is -0.831. The van der Waals surface area contributed by atoms with Crippen molar-refractivity contribution >= 4 is 5.97 Å². The summed E-state index contributed by atoms with van der Waals surface area (Å²) in [6.07, 6.45) is 2.16. The van der Waals surface area contributed by atoms with Gasteiger partial charge in [-0.15, -0.1) is 0 Å². The molecule has 1 aliphatic carbocycles. The minimum absolute atomic E-state index is 0.0455. The third-order valence-electron chi connectivity index (χ3n) is 3.82. The zero-order valence-corrected chi connectivity index (χ0v) is 10.2. The molecule has 1 aromatic carbocycles. The fourth-order valence-corrected chi connectivity index (χ4v) is 2.90. The van der Waals surface area contributed by atoms with Crippen molar-refractivity contribution in [2.24, 2.45) is 5.41 Å². The van der Waals surface area contributed by atoms with Gasteiger partial charge in [-0.2, -0.15) is 0 Å². The molecule has 3 heteroatoms. The summed E-state index contributed by atoms with van der Waals surface area (Å²) < 4.78 is 0. The number of carboxylic acids is 1. The molecule has 2 N–H and O–H groups in total. The summed E-state index contributed by atoms with van der Waals surface area (Å²) in [5.74, 6) is -0.651. The van der Waals surface area contributed by atoms with Gasteiger partial charge in [-0.05, 0) is 42.4 Å². The largest absolute Gasteiger partial charge is 0.508 e. The first kappa shape index (κ1) is 12.0. The van der Waals surface area contributed by atoms with Crippen LogP contribution in [0.15, 0.2) is 24.3 Å². The number of carboxylic acid groups (broad SMARTS) is 1. The highest BCUT2D eigenvalue weighted by atomic mass is 16.4. The van der Waals surface area contributed by atoms with Crippen molar-refractivity contribution in [3.63, 3.8) is 0 Å². The number of phenolic OH excluding ortho intramolecular Hbond substituents is 1. The molecular formula is C14H18O3. The van der Waals surface area contributed by atoms with E-state index in [2.05, 4.69) is 13.8 Å². The summed E-state index contributed by atoms with van der Waals surface area (Å²) in [5.41, 5.74) is -0.0675. The molecule has 2 rings (SSSR count). The Kier molecular flexibility index (Phi) is 2.64. The van der Waals surface area contributed by atoms with E-state index in [9.17, 15) is 15.0 Å². The van der Waals surface area contributed by atoms with Gasteiger partial charge in [0.2, 0.25) is 0 Å². The molecule has 0 spiro atoms. The van der Waals surface area contributed by atoms with Crippen LogP contribution >= 0.6 is 0 Å². The number of hydrogen-bond acceptors (Lipinski definition) is 2. The second kappa shape index (κ2) is 3.76. The number of aromatic hydroxyl groups is 1. The maximum absolute atomic E-state index is 11.6. The van der Waals surface area contributed by atoms with Crippen LogP contribution in [0.4, 0.5) is 0 Å². The molecule has 0 aliphatic heterocycles. The third-order valence-corrected chi connectivity index (χ3v) is 3.82. The van der Waals surface area contributed by atoms with Crippen LogP contribution in [0.5, 0.6) is 5.75 Å². The van der Waals surface area contributed by atoms with Gasteiger partial charge in [-0.3, -0.25) is 4.79 Å². The van der Waals surface area contributed by atoms with Crippen molar-refractivity contribution in [2.45, 2.75) is 38.5 Å². The Morgan fingerprint density at radius 3 is 2.47 bits per heavy atom. The predicted molar refractivity (Wildman–Crippen MR) is 65.1 cm³/mol. The quantitative estimate of drug-likeness (QED) is 0.827. The summed E-state index contributed by atoms with van der Waals surface area (Å²) >= 11 is 0. The van der Waals surface area contributed by atoms with Crippen molar-refractivity contribution in [2.75, 3.05) is 0 Å². The molecule has 1 saturated carbocycles. The molecule has 92 valence electrons. The molecule has 1 atom stereocenters. The Morgan fingerprint density at radius 1 is 1.29 bits per heavy atom. The fraction of sp³-hybridized carbons (Fsp3) is 0.500. The zero-order valence-electron chi connectivity index (χ0n) is 10.2. The molecule has 1 unspecified atom stereocenters. The van der Waals surface area contributed by atoms with E-state index in [0.717, 1.165) is 12.0 Å². The van der Waals surface area contributed by atoms with Gasteiger partial charge in [0.05, 0.1) is 5.41 Å². The maximum Gasteiger partial charge on any atom is 0.314 e. The highest BCUT2D eigenvalue weighted by Gasteiger charge is 2.49. The number of hydrogen-bond donors (Lipinski definition) is 2. The standard InChI is InChI=1S/C14H18O3/c1-13(2)6-7-14(9-13,12(16)17)10-4-3-5-11(15)8-10/h3-5,8,15H,6-7,9H2,1-2H3,(H,16,17). The molecule has 3 nitrogen and oxygen atoms in total. The van der Waals surface area contributed by atoms with E-state index in [1.807, 2.05) is 0 Å². The van der Waals surface area contributed by atoms with E-state index in [-0.39, 0.29) is 11.2 Å². The lowest BCUT2D eigenvalue weighted by atomic mass is 9.76. The van der Waals surface area contributed by atoms with Gasteiger partial charge in [-0.1, -0.05) is 26.0 Å². The zero-order chi connectivity index (χ0) is 12.7. The van der Waals surface area contributed by atoms with E-state index in [1.54, 1.807) is 24.3 Å². The number of carbonyl (C=O) groups is 1. The van der Waals surface area contributed by atoms with Crippen LogP contribution in [0, 0.1) is 5.41 Å². The van der Waals surface area contributed by atoms with Gasteiger partial charge in [0.15, 0.2) is 0 Å². The fourth-order valence-electron chi connectivity index (χ4n) is 2.90. The summed E-state index contributed by atoms with van der Waals surface area (Å²) in [6.45, 7) is 4.20. The monoisotopic (exact) mass is 234 g/mol. The molecule has 1 aromatic rings. The third kappa shape index (κ3) is 2.02. The van der Waals surface area contributed by atoms with E-state index >= 15 is 0 Å². The van der Waals surface area contributed by atoms with Crippen LogP contribution in [0.3, 0.4) is 0 Å². The van der Waals surface area contributed by atoms with Gasteiger partial charge in [0.1, 0.15) is 5.75 Å². The lowest BCUT2D eigenvalue weighted by Crippen LogP contribution is -2.33. The van der Waals surface area contributed by atoms with Crippen LogP contribution in [-0.4, -0.2) is 16.2 Å². The summed E-state index contributed by atoms with van der Waals surface area (Å²) in [6, 6.07) is 6.66. The topological polar surface area (TPSA) is 57.5 Å². The summed E-state index contributed by atoms with van der Waals surface area (Å²) in [5, 5.41) is 19.1. The molecular weight excluding hydrogens is 216 g/mol. The number of benzene rings is 1. The predicted octanol–water partition coefficient (Wildman–Crippen LogP) is 2.92. The number of phenols is 1. The van der Waals surface area contributed by atoms with Crippen molar-refractivity contribution < 1.29 is 15.0 Å². The molecule has 17 heavy (non-hydrogen) atoms. The van der Waals surface area contributed by atoms with Crippen LogP contribution in [0.25, 0.3) is 0 Å². The van der Waals surface area contributed by atoms with Crippen LogP contribution in [-0.2, 0) is 10.2 Å². The average Bonchev–Trinajstić information content (AvgIpc) is 2.56. The molecule has 0 radical (unpaired) electrons. The molecule has 0 heterocycles. The number of aliphatic carboxylic acids is 1. The smallest absolute Gasteiger partial charge is 0.314 e. The SMILES string of the molecule is CC1(C)CCC(C(=O)O)(c2cccc(O)c2)C1. The first-order valence-corrected chi connectivity index (χ1v) is 5.89. The van der Waals surface area contributed by atoms with Gasteiger partial charge in [0.25, 0.3) is 0 Å². The van der Waals surface area contributed by atoms with E-state index in [1.165, 1.54) is 0 Å². The van der Waals surface area contributed by atoms with Crippen LogP contribution < -0.4 is 0 Å². The van der Waals surface area contributed by atoms with E-state index in [0.29, 0.717) is 12.8 Å². The van der Waals surface area contributed by atoms with Gasteiger partial charge in [-0.25, -0.2) is 0 Å². The highest BCUT2D eigenvalue weighted by molar-refractivity contribution is 5.82. The Bertz CT molecular complexity index is 451. The van der Waals surface area contributed by atoms with E-state index < -0.39 is 11.4 Å². The first-order chi connectivity index (χ1) is 7.86. The second-order valence-corrected chi connectivity index (χ2v) is 5.78. The van der Waals surface area contributed by atoms with Gasteiger partial charge >= 0.3 is 5.97 Å². The molecule has 0 bridgehead atoms. The molecule has 1 fully saturated rings. The van der Waals surface area contributed by atoms with Gasteiger partial charge < -0.3 is 10.2 Å². The molecule has 0 saturated heterocycles. The lowest BCUT2D eigenvalue weighted by Gasteiger charge is -2.27. The normalized spacial score (nSPS) is 26.9. The summed E-state index contributed by atoms with van der Waals surface area (Å²) in [7, 11) is 0. The van der Waals surface area contributed by atoms with Crippen LogP contribution in [0.1, 0.15) is 38.7 Å². The lowest BCUT2D eigenvalue weighted by molar-refractivity contribution is -0.144. The highest BCUT2D eigenvalue weighted by Crippen LogP contribution is 2.51. The van der Waals surface area contributed by atoms with Gasteiger partial charge in [0, 0.05) is 0 Å². The Morgan fingerprint density at radius 2 is 2.00 bits per heavy atom. The van der Waals surface area contributed by atoms with Crippen LogP contribution in [0.2, 0.25) is 0 Å². The minimum Gasteiger partial charge on any atom is -0.508 e. The van der Waals surface area contributed by atoms with Crippen molar-refractivity contribution in [1.82, 2.24) is 0 Å². The summed E-state index contributed by atoms with van der Waals surface area (Å²) in [4.78, 5) is 11.6. The Labute approximate surface area is 101 Å². The van der Waals surface area contributed by atoms with Crippen molar-refractivity contribution in [3.8, 4) is 5.75 Å². The number of rotatable bonds is 2. The molecule has 0 aromatic heterocycles. The molecule has 0 amide bonds.